The first-order valence-electron chi connectivity index (χ1n) is 10.1. The van der Waals surface area contributed by atoms with Crippen LogP contribution in [0.3, 0.4) is 0 Å². The van der Waals surface area contributed by atoms with Crippen LogP contribution < -0.4 is 5.32 Å². The molecule has 0 atom stereocenters. The molecule has 2 aromatic heterocycles. The van der Waals surface area contributed by atoms with Gasteiger partial charge in [0.2, 0.25) is 0 Å². The molecule has 0 bridgehead atoms. The van der Waals surface area contributed by atoms with Crippen LogP contribution in [-0.2, 0) is 5.75 Å². The number of aromatic nitrogens is 5. The van der Waals surface area contributed by atoms with Gasteiger partial charge in [0.05, 0.1) is 11.4 Å². The molecule has 0 radical (unpaired) electrons. The molecule has 34 heavy (non-hydrogen) atoms. The second-order valence-corrected chi connectivity index (χ2v) is 8.88. The van der Waals surface area contributed by atoms with E-state index >= 15 is 0 Å². The van der Waals surface area contributed by atoms with E-state index in [9.17, 15) is 13.6 Å². The number of rotatable bonds is 6. The van der Waals surface area contributed by atoms with Crippen molar-refractivity contribution < 1.29 is 13.6 Å². The van der Waals surface area contributed by atoms with Crippen LogP contribution in [0.25, 0.3) is 5.69 Å². The average molecular weight is 501 g/mol. The van der Waals surface area contributed by atoms with Crippen LogP contribution in [0.5, 0.6) is 0 Å². The van der Waals surface area contributed by atoms with Crippen LogP contribution in [0.4, 0.5) is 14.5 Å². The molecule has 0 aliphatic heterocycles. The number of halogens is 3. The second-order valence-electron chi connectivity index (χ2n) is 7.54. The Bertz CT molecular complexity index is 1370. The summed E-state index contributed by atoms with van der Waals surface area (Å²) in [6.45, 7) is 5.63. The van der Waals surface area contributed by atoms with Crippen LogP contribution in [0.1, 0.15) is 33.1 Å². The van der Waals surface area contributed by atoms with Gasteiger partial charge in [-0.25, -0.2) is 23.4 Å². The van der Waals surface area contributed by atoms with E-state index < -0.39 is 17.5 Å². The third-order valence-electron chi connectivity index (χ3n) is 4.86. The molecule has 1 amide bonds. The number of hydrogen-bond acceptors (Lipinski definition) is 6. The number of hydrogen-bond donors (Lipinski definition) is 1. The highest BCUT2D eigenvalue weighted by atomic mass is 35.5. The molecule has 0 aliphatic carbocycles. The Morgan fingerprint density at radius 3 is 2.44 bits per heavy atom. The van der Waals surface area contributed by atoms with Gasteiger partial charge in [-0.05, 0) is 56.7 Å². The molecule has 4 rings (SSSR count). The maximum absolute atomic E-state index is 13.6. The summed E-state index contributed by atoms with van der Waals surface area (Å²) in [5.41, 5.74) is 3.74. The van der Waals surface area contributed by atoms with Crippen molar-refractivity contribution in [2.24, 2.45) is 0 Å². The van der Waals surface area contributed by atoms with Crippen LogP contribution in [0.2, 0.25) is 5.02 Å². The first kappa shape index (κ1) is 23.8. The van der Waals surface area contributed by atoms with Crippen molar-refractivity contribution >= 4 is 35.0 Å². The van der Waals surface area contributed by atoms with Gasteiger partial charge in [0.25, 0.3) is 5.91 Å². The van der Waals surface area contributed by atoms with Crippen LogP contribution in [-0.4, -0.2) is 30.9 Å². The van der Waals surface area contributed by atoms with E-state index in [-0.39, 0.29) is 17.1 Å². The number of benzene rings is 2. The zero-order valence-electron chi connectivity index (χ0n) is 18.4. The van der Waals surface area contributed by atoms with Crippen LogP contribution in [0.15, 0.2) is 47.6 Å². The fraction of sp³-hybridized carbons (Fsp3) is 0.174. The zero-order chi connectivity index (χ0) is 24.4. The lowest BCUT2D eigenvalue weighted by molar-refractivity contribution is 0.102. The van der Waals surface area contributed by atoms with Gasteiger partial charge < -0.3 is 5.32 Å². The normalized spacial score (nSPS) is 11.0. The third kappa shape index (κ3) is 5.23. The molecule has 0 unspecified atom stereocenters. The van der Waals surface area contributed by atoms with Gasteiger partial charge in [-0.2, -0.15) is 0 Å². The fourth-order valence-electron chi connectivity index (χ4n) is 3.18. The number of carbonyl (C=O) groups is 1. The number of anilines is 1. The number of thioether (sulfide) groups is 1. The molecule has 4 aromatic rings. The number of amides is 1. The van der Waals surface area contributed by atoms with Crippen molar-refractivity contribution in [3.8, 4) is 5.69 Å². The summed E-state index contributed by atoms with van der Waals surface area (Å²) in [4.78, 5) is 21.9. The quantitative estimate of drug-likeness (QED) is 0.279. The second kappa shape index (κ2) is 9.86. The molecule has 0 fully saturated rings. The summed E-state index contributed by atoms with van der Waals surface area (Å²) in [5, 5.41) is 11.8. The first-order valence-corrected chi connectivity index (χ1v) is 11.5. The van der Waals surface area contributed by atoms with Crippen LogP contribution >= 0.6 is 23.4 Å². The van der Waals surface area contributed by atoms with Crippen molar-refractivity contribution in [1.29, 1.82) is 0 Å². The number of nitrogens with one attached hydrogen (secondary N) is 1. The molecule has 2 aromatic carbocycles. The minimum absolute atomic E-state index is 0.0262. The molecule has 2 heterocycles. The predicted molar refractivity (Wildman–Crippen MR) is 126 cm³/mol. The standard InChI is InChI=1S/C23H19ClF2N6OS/c1-12-4-6-16(10-17(12)24)32-20(11-34-23-27-13(2)8-14(3)28-23)21(30-31-32)22(33)29-15-5-7-18(25)19(26)9-15/h4-10H,11H2,1-3H3,(H,29,33). The Morgan fingerprint density at radius 2 is 1.76 bits per heavy atom. The highest BCUT2D eigenvalue weighted by Gasteiger charge is 2.22. The van der Waals surface area contributed by atoms with E-state index in [0.29, 0.717) is 21.6 Å². The summed E-state index contributed by atoms with van der Waals surface area (Å²) in [6.07, 6.45) is 0. The van der Waals surface area contributed by atoms with Crippen molar-refractivity contribution in [2.75, 3.05) is 5.32 Å². The molecule has 0 spiro atoms. The van der Waals surface area contributed by atoms with Gasteiger partial charge in [-0.15, -0.1) is 5.10 Å². The lowest BCUT2D eigenvalue weighted by Gasteiger charge is -2.10. The summed E-state index contributed by atoms with van der Waals surface area (Å²) in [6, 6.07) is 10.3. The Morgan fingerprint density at radius 1 is 1.03 bits per heavy atom. The summed E-state index contributed by atoms with van der Waals surface area (Å²) >= 11 is 7.62. The SMILES string of the molecule is Cc1cc(C)nc(SCc2c(C(=O)Nc3ccc(F)c(F)c3)nnn2-c2ccc(C)c(Cl)c2)n1. The topological polar surface area (TPSA) is 85.6 Å². The smallest absolute Gasteiger partial charge is 0.278 e. The molecule has 0 saturated heterocycles. The summed E-state index contributed by atoms with van der Waals surface area (Å²) in [5.74, 6) is -2.43. The van der Waals surface area contributed by atoms with Crippen LogP contribution in [0, 0.1) is 32.4 Å². The Kier molecular flexibility index (Phi) is 6.90. The van der Waals surface area contributed by atoms with E-state index in [0.717, 1.165) is 29.1 Å². The van der Waals surface area contributed by atoms with Crippen molar-refractivity contribution in [2.45, 2.75) is 31.7 Å². The lowest BCUT2D eigenvalue weighted by atomic mass is 10.2. The van der Waals surface area contributed by atoms with Gasteiger partial charge in [-0.3, -0.25) is 4.79 Å². The number of aryl methyl sites for hydroxylation is 3. The summed E-state index contributed by atoms with van der Waals surface area (Å²) in [7, 11) is 0. The van der Waals surface area contributed by atoms with Crippen molar-refractivity contribution in [1.82, 2.24) is 25.0 Å². The first-order chi connectivity index (χ1) is 16.2. The Labute approximate surface area is 203 Å². The van der Waals surface area contributed by atoms with Gasteiger partial charge in [0.1, 0.15) is 0 Å². The number of nitrogens with zero attached hydrogens (tertiary/aromatic N) is 5. The molecule has 7 nitrogen and oxygen atoms in total. The third-order valence-corrected chi connectivity index (χ3v) is 6.12. The molecular weight excluding hydrogens is 482 g/mol. The molecule has 174 valence electrons. The molecule has 11 heteroatoms. The molecule has 0 saturated carbocycles. The van der Waals surface area contributed by atoms with E-state index in [2.05, 4.69) is 25.6 Å². The monoisotopic (exact) mass is 500 g/mol. The van der Waals surface area contributed by atoms with E-state index in [1.165, 1.54) is 22.5 Å². The minimum atomic E-state index is -1.07. The van der Waals surface area contributed by atoms with Gasteiger partial charge >= 0.3 is 0 Å². The van der Waals surface area contributed by atoms with Gasteiger partial charge in [0, 0.05) is 33.9 Å². The largest absolute Gasteiger partial charge is 0.320 e. The van der Waals surface area contributed by atoms with E-state index in [1.807, 2.05) is 39.0 Å². The number of carbonyl (C=O) groups excluding carboxylic acids is 1. The highest BCUT2D eigenvalue weighted by Crippen LogP contribution is 2.26. The van der Waals surface area contributed by atoms with Gasteiger partial charge in [0.15, 0.2) is 22.5 Å². The van der Waals surface area contributed by atoms with Gasteiger partial charge in [-0.1, -0.05) is 34.6 Å². The van der Waals surface area contributed by atoms with E-state index in [4.69, 9.17) is 11.6 Å². The average Bonchev–Trinajstić information content (AvgIpc) is 3.20. The Balaban J connectivity index is 1.70. The molecular formula is C23H19ClF2N6OS. The maximum atomic E-state index is 13.6. The summed E-state index contributed by atoms with van der Waals surface area (Å²) < 4.78 is 28.4. The van der Waals surface area contributed by atoms with E-state index in [1.54, 1.807) is 6.07 Å². The lowest BCUT2D eigenvalue weighted by Crippen LogP contribution is -2.15. The zero-order valence-corrected chi connectivity index (χ0v) is 20.0. The molecule has 0 aliphatic rings. The maximum Gasteiger partial charge on any atom is 0.278 e. The Hall–Kier alpha value is -3.37. The van der Waals surface area contributed by atoms with Crippen molar-refractivity contribution in [3.63, 3.8) is 0 Å². The van der Waals surface area contributed by atoms with Crippen molar-refractivity contribution in [3.05, 3.63) is 87.5 Å². The predicted octanol–water partition coefficient (Wildman–Crippen LogP) is 5.46. The fourth-order valence-corrected chi connectivity index (χ4v) is 4.30. The highest BCUT2D eigenvalue weighted by molar-refractivity contribution is 7.98. The minimum Gasteiger partial charge on any atom is -0.320 e. The molecule has 1 N–H and O–H groups in total.